The third kappa shape index (κ3) is 1.41. The molecule has 0 saturated heterocycles. The molecule has 0 saturated carbocycles. The van der Waals surface area contributed by atoms with Crippen LogP contribution < -0.4 is 0 Å². The fourth-order valence-electron chi connectivity index (χ4n) is 0.854. The van der Waals surface area contributed by atoms with Crippen molar-refractivity contribution >= 4 is 11.7 Å². The second-order valence-electron chi connectivity index (χ2n) is 2.22. The summed E-state index contributed by atoms with van der Waals surface area (Å²) in [5, 5.41) is 29.0. The van der Waals surface area contributed by atoms with Gasteiger partial charge >= 0.3 is 5.97 Å². The second kappa shape index (κ2) is 3.10. The first-order chi connectivity index (χ1) is 6.07. The van der Waals surface area contributed by atoms with Gasteiger partial charge in [-0.15, -0.1) is 4.91 Å². The van der Waals surface area contributed by atoms with E-state index < -0.39 is 28.7 Å². The number of aromatic carboxylic acids is 1. The van der Waals surface area contributed by atoms with E-state index in [4.69, 9.17) is 15.3 Å². The van der Waals surface area contributed by atoms with Gasteiger partial charge in [0, 0.05) is 0 Å². The fraction of sp³-hybridized carbons (Fsp3) is 0. The Morgan fingerprint density at radius 3 is 2.38 bits per heavy atom. The average molecular weight is 183 g/mol. The number of benzene rings is 1. The third-order valence-corrected chi connectivity index (χ3v) is 1.45. The van der Waals surface area contributed by atoms with Gasteiger partial charge in [0.1, 0.15) is 11.3 Å². The third-order valence-electron chi connectivity index (χ3n) is 1.45. The van der Waals surface area contributed by atoms with Crippen molar-refractivity contribution in [3.05, 3.63) is 22.6 Å². The maximum absolute atomic E-state index is 10.4. The van der Waals surface area contributed by atoms with Crippen molar-refractivity contribution in [3.8, 4) is 11.5 Å². The summed E-state index contributed by atoms with van der Waals surface area (Å²) in [6, 6.07) is 1.99. The summed E-state index contributed by atoms with van der Waals surface area (Å²) in [7, 11) is 0. The van der Waals surface area contributed by atoms with Crippen molar-refractivity contribution in [3.63, 3.8) is 0 Å². The molecule has 0 fully saturated rings. The van der Waals surface area contributed by atoms with Crippen molar-refractivity contribution in [2.75, 3.05) is 0 Å². The van der Waals surface area contributed by atoms with Crippen LogP contribution in [0.25, 0.3) is 0 Å². The molecule has 0 heterocycles. The van der Waals surface area contributed by atoms with Crippen LogP contribution in [0.15, 0.2) is 17.3 Å². The van der Waals surface area contributed by atoms with Gasteiger partial charge in [-0.3, -0.25) is 0 Å². The first-order valence-electron chi connectivity index (χ1n) is 3.19. The highest BCUT2D eigenvalue weighted by atomic mass is 16.4. The van der Waals surface area contributed by atoms with Crippen molar-refractivity contribution in [1.82, 2.24) is 0 Å². The number of aromatic hydroxyl groups is 2. The van der Waals surface area contributed by atoms with E-state index in [1.165, 1.54) is 0 Å². The number of carbonyl (C=O) groups is 1. The van der Waals surface area contributed by atoms with Gasteiger partial charge in [0.05, 0.1) is 0 Å². The number of nitrogens with zero attached hydrogens (tertiary/aromatic N) is 1. The topological polar surface area (TPSA) is 107 Å². The summed E-state index contributed by atoms with van der Waals surface area (Å²) in [4.78, 5) is 20.5. The highest BCUT2D eigenvalue weighted by Crippen LogP contribution is 2.35. The molecule has 0 atom stereocenters. The lowest BCUT2D eigenvalue weighted by Gasteiger charge is -2.02. The minimum atomic E-state index is -1.53. The lowest BCUT2D eigenvalue weighted by molar-refractivity contribution is 0.0690. The standard InChI is InChI=1S/C7H5NO5/c9-4-2-1-3(8-13)6(10)5(4)7(11)12/h1-2,9-10H,(H,11,12). The molecule has 0 unspecified atom stereocenters. The van der Waals surface area contributed by atoms with Crippen LogP contribution in [-0.2, 0) is 0 Å². The molecule has 6 nitrogen and oxygen atoms in total. The van der Waals surface area contributed by atoms with Crippen LogP contribution in [-0.4, -0.2) is 21.3 Å². The average Bonchev–Trinajstić information content (AvgIpc) is 2.04. The minimum Gasteiger partial charge on any atom is -0.507 e. The summed E-state index contributed by atoms with van der Waals surface area (Å²) >= 11 is 0. The quantitative estimate of drug-likeness (QED) is 0.597. The zero-order valence-corrected chi connectivity index (χ0v) is 6.26. The van der Waals surface area contributed by atoms with Crippen molar-refractivity contribution in [2.45, 2.75) is 0 Å². The van der Waals surface area contributed by atoms with E-state index in [1.54, 1.807) is 0 Å². The molecule has 13 heavy (non-hydrogen) atoms. The van der Waals surface area contributed by atoms with Gasteiger partial charge in [-0.2, -0.15) is 0 Å². The summed E-state index contributed by atoms with van der Waals surface area (Å²) in [5.41, 5.74) is -1.15. The molecule has 0 aliphatic rings. The molecule has 0 aliphatic heterocycles. The van der Waals surface area contributed by atoms with Gasteiger partial charge in [-0.1, -0.05) is 0 Å². The van der Waals surface area contributed by atoms with Crippen molar-refractivity contribution < 1.29 is 20.1 Å². The van der Waals surface area contributed by atoms with E-state index >= 15 is 0 Å². The Morgan fingerprint density at radius 1 is 1.31 bits per heavy atom. The van der Waals surface area contributed by atoms with Gasteiger partial charge in [0.15, 0.2) is 11.4 Å². The lowest BCUT2D eigenvalue weighted by atomic mass is 10.1. The van der Waals surface area contributed by atoms with Gasteiger partial charge < -0.3 is 15.3 Å². The predicted molar refractivity (Wildman–Crippen MR) is 42.2 cm³/mol. The Labute approximate surface area is 72.0 Å². The molecule has 0 aliphatic carbocycles. The Balaban J connectivity index is 3.47. The smallest absolute Gasteiger partial charge is 0.343 e. The summed E-state index contributed by atoms with van der Waals surface area (Å²) < 4.78 is 0. The Kier molecular flexibility index (Phi) is 2.14. The molecule has 0 aromatic heterocycles. The summed E-state index contributed by atoms with van der Waals surface area (Å²) in [6.07, 6.45) is 0. The fourth-order valence-corrected chi connectivity index (χ4v) is 0.854. The molecule has 1 rings (SSSR count). The predicted octanol–water partition coefficient (Wildman–Crippen LogP) is 1.19. The number of phenols is 2. The van der Waals surface area contributed by atoms with Crippen molar-refractivity contribution in [1.29, 1.82) is 0 Å². The minimum absolute atomic E-state index is 0.421. The largest absolute Gasteiger partial charge is 0.507 e. The SMILES string of the molecule is O=Nc1ccc(O)c(C(=O)O)c1O. The Morgan fingerprint density at radius 2 is 1.92 bits per heavy atom. The normalized spacial score (nSPS) is 9.54. The van der Waals surface area contributed by atoms with E-state index in [1.807, 2.05) is 0 Å². The number of nitroso groups, excluding NO2 is 1. The maximum atomic E-state index is 10.4. The molecule has 0 spiro atoms. The van der Waals surface area contributed by atoms with Crippen LogP contribution in [0.5, 0.6) is 11.5 Å². The molecule has 1 aromatic carbocycles. The zero-order chi connectivity index (χ0) is 10.0. The lowest BCUT2D eigenvalue weighted by Crippen LogP contribution is -1.97. The Bertz CT molecular complexity index is 373. The molecular formula is C7H5NO5. The van der Waals surface area contributed by atoms with Crippen LogP contribution in [0.1, 0.15) is 10.4 Å². The highest BCUT2D eigenvalue weighted by Gasteiger charge is 2.18. The van der Waals surface area contributed by atoms with E-state index in [0.717, 1.165) is 12.1 Å². The first kappa shape index (κ1) is 8.98. The van der Waals surface area contributed by atoms with Crippen LogP contribution in [0.3, 0.4) is 0 Å². The van der Waals surface area contributed by atoms with E-state index in [2.05, 4.69) is 5.18 Å². The molecule has 0 radical (unpaired) electrons. The molecule has 1 aromatic rings. The van der Waals surface area contributed by atoms with E-state index in [9.17, 15) is 9.70 Å². The van der Waals surface area contributed by atoms with Crippen LogP contribution >= 0.6 is 0 Å². The zero-order valence-electron chi connectivity index (χ0n) is 6.26. The molecular weight excluding hydrogens is 178 g/mol. The number of hydrogen-bond acceptors (Lipinski definition) is 5. The number of carboxylic acid groups (broad SMARTS) is 1. The summed E-state index contributed by atoms with van der Waals surface area (Å²) in [6.45, 7) is 0. The summed E-state index contributed by atoms with van der Waals surface area (Å²) in [5.74, 6) is -2.97. The molecule has 3 N–H and O–H groups in total. The number of rotatable bonds is 2. The molecule has 0 amide bonds. The van der Waals surface area contributed by atoms with Gasteiger partial charge in [-0.05, 0) is 17.3 Å². The molecule has 0 bridgehead atoms. The van der Waals surface area contributed by atoms with E-state index in [-0.39, 0.29) is 0 Å². The van der Waals surface area contributed by atoms with Crippen molar-refractivity contribution in [2.24, 2.45) is 5.18 Å². The van der Waals surface area contributed by atoms with E-state index in [0.29, 0.717) is 0 Å². The Hall–Kier alpha value is -2.11. The molecule has 68 valence electrons. The number of carboxylic acids is 1. The van der Waals surface area contributed by atoms with Gasteiger partial charge in [0.2, 0.25) is 0 Å². The van der Waals surface area contributed by atoms with Gasteiger partial charge in [0.25, 0.3) is 0 Å². The van der Waals surface area contributed by atoms with Gasteiger partial charge in [-0.25, -0.2) is 4.79 Å². The molecule has 6 heteroatoms. The van der Waals surface area contributed by atoms with Crippen LogP contribution in [0.4, 0.5) is 5.69 Å². The highest BCUT2D eigenvalue weighted by molar-refractivity contribution is 5.95. The van der Waals surface area contributed by atoms with Crippen LogP contribution in [0, 0.1) is 4.91 Å². The monoisotopic (exact) mass is 183 g/mol. The van der Waals surface area contributed by atoms with Crippen LogP contribution in [0.2, 0.25) is 0 Å². The maximum Gasteiger partial charge on any atom is 0.343 e. The number of hydrogen-bond donors (Lipinski definition) is 3. The second-order valence-corrected chi connectivity index (χ2v) is 2.22. The first-order valence-corrected chi connectivity index (χ1v) is 3.19.